The number of carbonyl (C=O) groups excluding carboxylic acids is 2. The second-order valence-electron chi connectivity index (χ2n) is 4.46. The Balaban J connectivity index is 1.92. The van der Waals surface area contributed by atoms with Crippen LogP contribution in [0.3, 0.4) is 0 Å². The molecule has 1 N–H and O–H groups in total. The molecule has 23 heavy (non-hydrogen) atoms. The van der Waals surface area contributed by atoms with Crippen LogP contribution in [-0.2, 0) is 9.53 Å². The number of anilines is 1. The lowest BCUT2D eigenvalue weighted by Gasteiger charge is -2.07. The molecule has 0 atom stereocenters. The van der Waals surface area contributed by atoms with E-state index in [-0.39, 0.29) is 5.69 Å². The summed E-state index contributed by atoms with van der Waals surface area (Å²) in [5.41, 5.74) is 0.248. The van der Waals surface area contributed by atoms with E-state index < -0.39 is 23.4 Å². The molecule has 1 aromatic carbocycles. The number of benzene rings is 1. The van der Waals surface area contributed by atoms with Crippen LogP contribution in [0.4, 0.5) is 11.4 Å². The Morgan fingerprint density at radius 1 is 1.35 bits per heavy atom. The predicted molar refractivity (Wildman–Crippen MR) is 88.8 cm³/mol. The van der Waals surface area contributed by atoms with Crippen LogP contribution in [0.15, 0.2) is 34.8 Å². The van der Waals surface area contributed by atoms with Crippen LogP contribution < -0.4 is 5.32 Å². The van der Waals surface area contributed by atoms with Crippen molar-refractivity contribution in [3.05, 3.63) is 54.7 Å². The minimum absolute atomic E-state index is 0.102. The van der Waals surface area contributed by atoms with E-state index in [1.54, 1.807) is 12.1 Å². The highest BCUT2D eigenvalue weighted by atomic mass is 79.9. The smallest absolute Gasteiger partial charge is 0.348 e. The van der Waals surface area contributed by atoms with E-state index in [0.717, 1.165) is 4.88 Å². The summed E-state index contributed by atoms with van der Waals surface area (Å²) >= 11 is 4.42. The first-order chi connectivity index (χ1) is 10.9. The summed E-state index contributed by atoms with van der Waals surface area (Å²) in [5, 5.41) is 13.1. The first kappa shape index (κ1) is 17.1. The number of nitrogens with zero attached hydrogens (tertiary/aromatic N) is 1. The number of amides is 1. The Bertz CT molecular complexity index is 774. The van der Waals surface area contributed by atoms with Crippen LogP contribution in [0, 0.1) is 17.0 Å². The molecule has 0 saturated carbocycles. The molecule has 1 amide bonds. The number of aryl methyl sites for hydroxylation is 1. The average molecular weight is 399 g/mol. The van der Waals surface area contributed by atoms with Crippen molar-refractivity contribution in [2.75, 3.05) is 11.9 Å². The summed E-state index contributed by atoms with van der Waals surface area (Å²) in [6.45, 7) is 1.42. The number of thiophene rings is 1. The molecule has 7 nitrogen and oxygen atoms in total. The van der Waals surface area contributed by atoms with E-state index in [9.17, 15) is 19.7 Å². The van der Waals surface area contributed by atoms with Crippen molar-refractivity contribution in [2.45, 2.75) is 6.92 Å². The lowest BCUT2D eigenvalue weighted by atomic mass is 10.3. The Morgan fingerprint density at radius 3 is 2.65 bits per heavy atom. The summed E-state index contributed by atoms with van der Waals surface area (Å²) in [7, 11) is 0. The van der Waals surface area contributed by atoms with Crippen LogP contribution >= 0.6 is 27.3 Å². The maximum Gasteiger partial charge on any atom is 0.348 e. The molecule has 0 aliphatic carbocycles. The monoisotopic (exact) mass is 398 g/mol. The molecule has 1 aromatic heterocycles. The third kappa shape index (κ3) is 4.60. The van der Waals surface area contributed by atoms with Crippen molar-refractivity contribution in [3.63, 3.8) is 0 Å². The van der Waals surface area contributed by atoms with Gasteiger partial charge in [-0.15, -0.1) is 11.3 Å². The zero-order valence-electron chi connectivity index (χ0n) is 11.9. The van der Waals surface area contributed by atoms with Gasteiger partial charge in [0.15, 0.2) is 6.61 Å². The quantitative estimate of drug-likeness (QED) is 0.471. The number of carbonyl (C=O) groups is 2. The highest BCUT2D eigenvalue weighted by Crippen LogP contribution is 2.27. The fourth-order valence-corrected chi connectivity index (χ4v) is 2.88. The zero-order chi connectivity index (χ0) is 17.0. The second kappa shape index (κ2) is 7.34. The fraction of sp³-hybridized carbons (Fsp3) is 0.143. The van der Waals surface area contributed by atoms with E-state index in [2.05, 4.69) is 21.2 Å². The van der Waals surface area contributed by atoms with E-state index in [4.69, 9.17) is 4.74 Å². The normalized spacial score (nSPS) is 10.2. The summed E-state index contributed by atoms with van der Waals surface area (Å²) in [6, 6.07) is 7.35. The topological polar surface area (TPSA) is 98.5 Å². The summed E-state index contributed by atoms with van der Waals surface area (Å²) in [5.74, 6) is -1.11. The Morgan fingerprint density at radius 2 is 2.09 bits per heavy atom. The molecular weight excluding hydrogens is 388 g/mol. The maximum atomic E-state index is 11.8. The number of nitro benzene ring substituents is 1. The van der Waals surface area contributed by atoms with Gasteiger partial charge < -0.3 is 10.1 Å². The standard InChI is InChI=1S/C14H11BrN2O5S/c1-8-2-5-12(23-8)14(19)22-7-13(18)16-11-4-3-9(17(20)21)6-10(11)15/h2-6H,7H2,1H3,(H,16,18). The minimum atomic E-state index is -0.569. The van der Waals surface area contributed by atoms with Gasteiger partial charge in [0.1, 0.15) is 4.88 Å². The van der Waals surface area contributed by atoms with E-state index in [1.807, 2.05) is 6.92 Å². The van der Waals surface area contributed by atoms with Crippen LogP contribution in [0.5, 0.6) is 0 Å². The Hall–Kier alpha value is -2.26. The Labute approximate surface area is 143 Å². The largest absolute Gasteiger partial charge is 0.451 e. The fourth-order valence-electron chi connectivity index (χ4n) is 1.65. The third-order valence-corrected chi connectivity index (χ3v) is 4.35. The molecule has 0 saturated heterocycles. The van der Waals surface area contributed by atoms with Crippen molar-refractivity contribution in [2.24, 2.45) is 0 Å². The van der Waals surface area contributed by atoms with E-state index in [1.165, 1.54) is 29.5 Å². The molecule has 0 aliphatic heterocycles. The van der Waals surface area contributed by atoms with Gasteiger partial charge in [-0.3, -0.25) is 14.9 Å². The first-order valence-corrected chi connectivity index (χ1v) is 7.95. The summed E-state index contributed by atoms with van der Waals surface area (Å²) in [4.78, 5) is 35.0. The van der Waals surface area contributed by atoms with Gasteiger partial charge in [-0.1, -0.05) is 0 Å². The van der Waals surface area contributed by atoms with Gasteiger partial charge >= 0.3 is 5.97 Å². The van der Waals surface area contributed by atoms with Crippen LogP contribution in [-0.4, -0.2) is 23.4 Å². The van der Waals surface area contributed by atoms with Gasteiger partial charge in [0, 0.05) is 21.5 Å². The Kier molecular flexibility index (Phi) is 5.45. The molecule has 0 bridgehead atoms. The molecule has 0 fully saturated rings. The number of halogens is 1. The molecule has 1 heterocycles. The predicted octanol–water partition coefficient (Wildman–Crippen LogP) is 3.52. The minimum Gasteiger partial charge on any atom is -0.451 e. The highest BCUT2D eigenvalue weighted by molar-refractivity contribution is 9.10. The van der Waals surface area contributed by atoms with Gasteiger partial charge in [-0.25, -0.2) is 4.79 Å². The van der Waals surface area contributed by atoms with Crippen molar-refractivity contribution in [1.29, 1.82) is 0 Å². The summed E-state index contributed by atoms with van der Waals surface area (Å²) < 4.78 is 5.27. The zero-order valence-corrected chi connectivity index (χ0v) is 14.3. The molecule has 0 spiro atoms. The van der Waals surface area contributed by atoms with Crippen molar-refractivity contribution in [3.8, 4) is 0 Å². The summed E-state index contributed by atoms with van der Waals surface area (Å²) in [6.07, 6.45) is 0. The van der Waals surface area contributed by atoms with Crippen LogP contribution in [0.25, 0.3) is 0 Å². The first-order valence-electron chi connectivity index (χ1n) is 6.34. The SMILES string of the molecule is Cc1ccc(C(=O)OCC(=O)Nc2ccc([N+](=O)[O-])cc2Br)s1. The number of rotatable bonds is 5. The molecule has 0 radical (unpaired) electrons. The van der Waals surface area contributed by atoms with Gasteiger partial charge in [-0.05, 0) is 41.1 Å². The molecule has 2 rings (SSSR count). The highest BCUT2D eigenvalue weighted by Gasteiger charge is 2.14. The van der Waals surface area contributed by atoms with Crippen molar-refractivity contribution in [1.82, 2.24) is 0 Å². The molecule has 9 heteroatoms. The van der Waals surface area contributed by atoms with Gasteiger partial charge in [0.2, 0.25) is 0 Å². The number of hydrogen-bond acceptors (Lipinski definition) is 6. The average Bonchev–Trinajstić information content (AvgIpc) is 2.93. The molecular formula is C14H11BrN2O5S. The van der Waals surface area contributed by atoms with Gasteiger partial charge in [0.05, 0.1) is 10.6 Å². The molecule has 0 aliphatic rings. The number of nitrogens with one attached hydrogen (secondary N) is 1. The maximum absolute atomic E-state index is 11.8. The van der Waals surface area contributed by atoms with E-state index >= 15 is 0 Å². The van der Waals surface area contributed by atoms with Gasteiger partial charge in [-0.2, -0.15) is 0 Å². The molecule has 0 unspecified atom stereocenters. The van der Waals surface area contributed by atoms with Crippen LogP contribution in [0.2, 0.25) is 0 Å². The molecule has 2 aromatic rings. The number of non-ortho nitro benzene ring substituents is 1. The lowest BCUT2D eigenvalue weighted by Crippen LogP contribution is -2.20. The van der Waals surface area contributed by atoms with Crippen LogP contribution in [0.1, 0.15) is 14.5 Å². The number of nitro groups is 1. The number of esters is 1. The number of hydrogen-bond donors (Lipinski definition) is 1. The lowest BCUT2D eigenvalue weighted by molar-refractivity contribution is -0.384. The number of ether oxygens (including phenoxy) is 1. The van der Waals surface area contributed by atoms with Crippen molar-refractivity contribution >= 4 is 50.5 Å². The third-order valence-electron chi connectivity index (χ3n) is 2.71. The van der Waals surface area contributed by atoms with Gasteiger partial charge in [0.25, 0.3) is 11.6 Å². The second-order valence-corrected chi connectivity index (χ2v) is 6.60. The van der Waals surface area contributed by atoms with Crippen molar-refractivity contribution < 1.29 is 19.2 Å². The van der Waals surface area contributed by atoms with E-state index in [0.29, 0.717) is 15.0 Å². The molecule has 120 valence electrons.